The highest BCUT2D eigenvalue weighted by Gasteiger charge is 2.18. The van der Waals surface area contributed by atoms with Gasteiger partial charge in [-0.1, -0.05) is 6.07 Å². The van der Waals surface area contributed by atoms with E-state index in [-0.39, 0.29) is 22.1 Å². The number of oxazole rings is 1. The van der Waals surface area contributed by atoms with Gasteiger partial charge in [0, 0.05) is 37.5 Å². The summed E-state index contributed by atoms with van der Waals surface area (Å²) in [5.74, 6) is -0.737. The average Bonchev–Trinajstić information content (AvgIpc) is 2.96. The van der Waals surface area contributed by atoms with E-state index in [4.69, 9.17) is 4.42 Å². The molecular formula is C19H21N3O5S. The Kier molecular flexibility index (Phi) is 5.28. The van der Waals surface area contributed by atoms with Gasteiger partial charge in [0.25, 0.3) is 15.9 Å². The lowest BCUT2D eigenvalue weighted by atomic mass is 10.2. The molecule has 0 radical (unpaired) electrons. The maximum Gasteiger partial charge on any atom is 0.419 e. The molecule has 2 aromatic carbocycles. The SMILES string of the molecule is CCN(CC)C(=O)c1cccc(NS(=O)(=O)c2ccc3c(c2)oc(=O)n3C)c1. The van der Waals surface area contributed by atoms with Crippen LogP contribution in [0.4, 0.5) is 5.69 Å². The fraction of sp³-hybridized carbons (Fsp3) is 0.263. The molecule has 0 bridgehead atoms. The molecule has 0 unspecified atom stereocenters. The van der Waals surface area contributed by atoms with E-state index in [0.29, 0.717) is 24.2 Å². The average molecular weight is 403 g/mol. The first-order valence-electron chi connectivity index (χ1n) is 8.78. The van der Waals surface area contributed by atoms with Gasteiger partial charge in [-0.15, -0.1) is 0 Å². The Morgan fingerprint density at radius 2 is 1.86 bits per heavy atom. The van der Waals surface area contributed by atoms with Crippen LogP contribution in [0, 0.1) is 0 Å². The first kappa shape index (κ1) is 19.7. The highest BCUT2D eigenvalue weighted by atomic mass is 32.2. The quantitative estimate of drug-likeness (QED) is 0.681. The smallest absolute Gasteiger partial charge is 0.408 e. The highest BCUT2D eigenvalue weighted by molar-refractivity contribution is 7.92. The molecule has 3 rings (SSSR count). The summed E-state index contributed by atoms with van der Waals surface area (Å²) in [5.41, 5.74) is 1.35. The van der Waals surface area contributed by atoms with Crippen LogP contribution in [0.1, 0.15) is 24.2 Å². The number of carbonyl (C=O) groups is 1. The normalized spacial score (nSPS) is 11.5. The monoisotopic (exact) mass is 403 g/mol. The Morgan fingerprint density at radius 1 is 1.14 bits per heavy atom. The Hall–Kier alpha value is -3.07. The van der Waals surface area contributed by atoms with E-state index in [1.807, 2.05) is 13.8 Å². The maximum atomic E-state index is 12.7. The van der Waals surface area contributed by atoms with Gasteiger partial charge in [0.05, 0.1) is 10.4 Å². The van der Waals surface area contributed by atoms with Crippen LogP contribution in [0.15, 0.2) is 56.6 Å². The number of aryl methyl sites for hydroxylation is 1. The molecule has 148 valence electrons. The van der Waals surface area contributed by atoms with E-state index in [0.717, 1.165) is 0 Å². The first-order valence-corrected chi connectivity index (χ1v) is 10.3. The van der Waals surface area contributed by atoms with E-state index >= 15 is 0 Å². The summed E-state index contributed by atoms with van der Waals surface area (Å²) in [4.78, 5) is 25.7. The molecule has 0 fully saturated rings. The van der Waals surface area contributed by atoms with Crippen molar-refractivity contribution in [1.29, 1.82) is 0 Å². The van der Waals surface area contributed by atoms with Crippen LogP contribution < -0.4 is 10.5 Å². The third-order valence-corrected chi connectivity index (χ3v) is 5.87. The number of carbonyl (C=O) groups excluding carboxylic acids is 1. The van der Waals surface area contributed by atoms with Crippen LogP contribution in [0.5, 0.6) is 0 Å². The van der Waals surface area contributed by atoms with Crippen molar-refractivity contribution >= 4 is 32.7 Å². The molecule has 1 N–H and O–H groups in total. The predicted molar refractivity (Wildman–Crippen MR) is 106 cm³/mol. The molecule has 1 heterocycles. The summed E-state index contributed by atoms with van der Waals surface area (Å²) >= 11 is 0. The second kappa shape index (κ2) is 7.51. The maximum absolute atomic E-state index is 12.7. The fourth-order valence-electron chi connectivity index (χ4n) is 2.90. The van der Waals surface area contributed by atoms with Crippen molar-refractivity contribution < 1.29 is 17.6 Å². The summed E-state index contributed by atoms with van der Waals surface area (Å²) in [6.45, 7) is 4.89. The third kappa shape index (κ3) is 3.65. The molecule has 28 heavy (non-hydrogen) atoms. The highest BCUT2D eigenvalue weighted by Crippen LogP contribution is 2.21. The minimum Gasteiger partial charge on any atom is -0.408 e. The summed E-state index contributed by atoms with van der Waals surface area (Å²) in [6, 6.07) is 10.5. The van der Waals surface area contributed by atoms with Crippen molar-refractivity contribution in [2.24, 2.45) is 7.05 Å². The molecule has 0 aliphatic carbocycles. The van der Waals surface area contributed by atoms with Crippen molar-refractivity contribution in [3.63, 3.8) is 0 Å². The molecule has 9 heteroatoms. The van der Waals surface area contributed by atoms with Crippen molar-refractivity contribution in [1.82, 2.24) is 9.47 Å². The predicted octanol–water partition coefficient (Wildman–Crippen LogP) is 2.41. The molecule has 0 aliphatic heterocycles. The summed E-state index contributed by atoms with van der Waals surface area (Å²) in [6.07, 6.45) is 0. The Labute approximate surface area is 162 Å². The van der Waals surface area contributed by atoms with Gasteiger partial charge in [0.2, 0.25) is 0 Å². The zero-order valence-electron chi connectivity index (χ0n) is 15.8. The number of sulfonamides is 1. The van der Waals surface area contributed by atoms with Gasteiger partial charge in [0.15, 0.2) is 5.58 Å². The van der Waals surface area contributed by atoms with Crippen LogP contribution in [0.25, 0.3) is 11.1 Å². The van der Waals surface area contributed by atoms with E-state index in [1.165, 1.54) is 28.8 Å². The van der Waals surface area contributed by atoms with Crippen LogP contribution in [-0.4, -0.2) is 36.9 Å². The molecule has 0 saturated heterocycles. The van der Waals surface area contributed by atoms with E-state index in [9.17, 15) is 18.0 Å². The molecular weight excluding hydrogens is 382 g/mol. The van der Waals surface area contributed by atoms with Crippen molar-refractivity contribution in [3.05, 3.63) is 58.6 Å². The summed E-state index contributed by atoms with van der Waals surface area (Å²) < 4.78 is 34.3. The number of hydrogen-bond acceptors (Lipinski definition) is 5. The third-order valence-electron chi connectivity index (χ3n) is 4.49. The number of amides is 1. The Balaban J connectivity index is 1.91. The molecule has 0 spiro atoms. The lowest BCUT2D eigenvalue weighted by Crippen LogP contribution is -2.30. The molecule has 0 saturated carbocycles. The zero-order chi connectivity index (χ0) is 20.5. The number of fused-ring (bicyclic) bond motifs is 1. The zero-order valence-corrected chi connectivity index (χ0v) is 16.6. The Bertz CT molecular complexity index is 1190. The standard InChI is InChI=1S/C19H21N3O5S/c1-4-22(5-2)18(23)13-7-6-8-14(11-13)20-28(25,26)15-9-10-16-17(12-15)27-19(24)21(16)3/h6-12,20H,4-5H2,1-3H3. The summed E-state index contributed by atoms with van der Waals surface area (Å²) in [5, 5.41) is 0. The minimum absolute atomic E-state index is 0.0465. The molecule has 1 amide bonds. The van der Waals surface area contributed by atoms with Crippen molar-refractivity contribution in [2.45, 2.75) is 18.7 Å². The second-order valence-corrected chi connectivity index (χ2v) is 7.90. The lowest BCUT2D eigenvalue weighted by molar-refractivity contribution is 0.0773. The van der Waals surface area contributed by atoms with Gasteiger partial charge >= 0.3 is 5.76 Å². The lowest BCUT2D eigenvalue weighted by Gasteiger charge is -2.19. The van der Waals surface area contributed by atoms with Crippen LogP contribution >= 0.6 is 0 Å². The van der Waals surface area contributed by atoms with E-state index in [1.54, 1.807) is 30.1 Å². The molecule has 8 nitrogen and oxygen atoms in total. The number of anilines is 1. The number of benzene rings is 2. The van der Waals surface area contributed by atoms with E-state index in [2.05, 4.69) is 4.72 Å². The largest absolute Gasteiger partial charge is 0.419 e. The van der Waals surface area contributed by atoms with E-state index < -0.39 is 15.8 Å². The van der Waals surface area contributed by atoms with Crippen LogP contribution in [0.2, 0.25) is 0 Å². The topological polar surface area (TPSA) is 102 Å². The van der Waals surface area contributed by atoms with Crippen molar-refractivity contribution in [3.8, 4) is 0 Å². The molecule has 0 atom stereocenters. The first-order chi connectivity index (χ1) is 13.3. The number of aromatic nitrogens is 1. The number of rotatable bonds is 6. The van der Waals surface area contributed by atoms with Gasteiger partial charge in [-0.05, 0) is 44.2 Å². The summed E-state index contributed by atoms with van der Waals surface area (Å²) in [7, 11) is -2.39. The Morgan fingerprint density at radius 3 is 2.54 bits per heavy atom. The molecule has 0 aliphatic rings. The van der Waals surface area contributed by atoms with Crippen LogP contribution in [-0.2, 0) is 17.1 Å². The number of hydrogen-bond donors (Lipinski definition) is 1. The van der Waals surface area contributed by atoms with Gasteiger partial charge in [-0.25, -0.2) is 13.2 Å². The van der Waals surface area contributed by atoms with Crippen LogP contribution in [0.3, 0.4) is 0 Å². The van der Waals surface area contributed by atoms with Gasteiger partial charge < -0.3 is 9.32 Å². The fourth-order valence-corrected chi connectivity index (χ4v) is 3.97. The number of nitrogens with one attached hydrogen (secondary N) is 1. The molecule has 1 aromatic heterocycles. The van der Waals surface area contributed by atoms with Gasteiger partial charge in [-0.2, -0.15) is 0 Å². The van der Waals surface area contributed by atoms with Gasteiger partial charge in [0.1, 0.15) is 0 Å². The number of nitrogens with zero attached hydrogens (tertiary/aromatic N) is 2. The second-order valence-electron chi connectivity index (χ2n) is 6.22. The van der Waals surface area contributed by atoms with Crippen molar-refractivity contribution in [2.75, 3.05) is 17.8 Å². The van der Waals surface area contributed by atoms with Gasteiger partial charge in [-0.3, -0.25) is 14.1 Å². The minimum atomic E-state index is -3.93. The molecule has 3 aromatic rings.